The van der Waals surface area contributed by atoms with Crippen LogP contribution in [0.1, 0.15) is 40.5 Å². The molecule has 0 aliphatic carbocycles. The molecule has 0 radical (unpaired) electrons. The Labute approximate surface area is 190 Å². The Kier molecular flexibility index (Phi) is 12.2. The van der Waals surface area contributed by atoms with Gasteiger partial charge in [0.2, 0.25) is 0 Å². The van der Waals surface area contributed by atoms with E-state index in [1.165, 1.54) is 13.8 Å². The third kappa shape index (κ3) is 9.21. The predicted octanol–water partition coefficient (Wildman–Crippen LogP) is -1.42. The van der Waals surface area contributed by atoms with Crippen LogP contribution in [0.4, 0.5) is 0 Å². The fourth-order valence-corrected chi connectivity index (χ4v) is 2.84. The van der Waals surface area contributed by atoms with Crippen molar-refractivity contribution < 1.29 is 62.9 Å². The number of hydrogen-bond acceptors (Lipinski definition) is 13. The number of carbonyl (C=O) groups excluding carboxylic acids is 4. The molecule has 0 amide bonds. The van der Waals surface area contributed by atoms with Gasteiger partial charge in [0.05, 0.1) is 13.2 Å². The summed E-state index contributed by atoms with van der Waals surface area (Å²) in [6, 6.07) is 0. The van der Waals surface area contributed by atoms with Crippen molar-refractivity contribution in [1.82, 2.24) is 0 Å². The molecule has 0 bridgehead atoms. The quantitative estimate of drug-likeness (QED) is 0.219. The van der Waals surface area contributed by atoms with E-state index in [1.54, 1.807) is 0 Å². The molecule has 13 heteroatoms. The van der Waals surface area contributed by atoms with Crippen LogP contribution in [0.5, 0.6) is 0 Å². The van der Waals surface area contributed by atoms with E-state index in [1.807, 2.05) is 0 Å². The molecule has 190 valence electrons. The van der Waals surface area contributed by atoms with E-state index in [-0.39, 0.29) is 12.8 Å². The van der Waals surface area contributed by atoms with Gasteiger partial charge in [-0.25, -0.2) is 0 Å². The molecule has 7 unspecified atom stereocenters. The highest BCUT2D eigenvalue weighted by Gasteiger charge is 2.53. The second-order valence-corrected chi connectivity index (χ2v) is 7.19. The van der Waals surface area contributed by atoms with Crippen LogP contribution in [-0.2, 0) is 47.6 Å². The van der Waals surface area contributed by atoms with Gasteiger partial charge in [0.1, 0.15) is 24.9 Å². The van der Waals surface area contributed by atoms with Crippen LogP contribution in [0.15, 0.2) is 0 Å². The molecule has 0 spiro atoms. The SMILES string of the molecule is CCC(=O)OC1C(OCC(O)C(O)CO)OC(COC(C)=O)C(OC(C)=O)C1OC(=O)CC. The highest BCUT2D eigenvalue weighted by Crippen LogP contribution is 2.30. The molecule has 1 heterocycles. The van der Waals surface area contributed by atoms with Crippen LogP contribution >= 0.6 is 0 Å². The molecule has 7 atom stereocenters. The lowest BCUT2D eigenvalue weighted by molar-refractivity contribution is -0.312. The fourth-order valence-electron chi connectivity index (χ4n) is 2.84. The van der Waals surface area contributed by atoms with E-state index in [0.717, 1.165) is 13.8 Å². The van der Waals surface area contributed by atoms with Crippen molar-refractivity contribution in [2.75, 3.05) is 19.8 Å². The number of rotatable bonds is 12. The topological polar surface area (TPSA) is 184 Å². The summed E-state index contributed by atoms with van der Waals surface area (Å²) < 4.78 is 32.2. The highest BCUT2D eigenvalue weighted by atomic mass is 16.7. The van der Waals surface area contributed by atoms with Crippen LogP contribution in [-0.4, -0.2) is 102 Å². The van der Waals surface area contributed by atoms with Crippen molar-refractivity contribution in [2.24, 2.45) is 0 Å². The molecule has 0 aromatic heterocycles. The van der Waals surface area contributed by atoms with Crippen LogP contribution in [0, 0.1) is 0 Å². The van der Waals surface area contributed by atoms with E-state index in [4.69, 9.17) is 33.5 Å². The summed E-state index contributed by atoms with van der Waals surface area (Å²) in [5.41, 5.74) is 0. The first-order valence-electron chi connectivity index (χ1n) is 10.5. The Balaban J connectivity index is 3.32. The van der Waals surface area contributed by atoms with E-state index < -0.39 is 86.6 Å². The summed E-state index contributed by atoms with van der Waals surface area (Å²) in [6.07, 6.45) is -10.0. The van der Waals surface area contributed by atoms with Crippen LogP contribution < -0.4 is 0 Å². The molecule has 33 heavy (non-hydrogen) atoms. The molecule has 1 aliphatic heterocycles. The maximum Gasteiger partial charge on any atom is 0.306 e. The lowest BCUT2D eigenvalue weighted by Crippen LogP contribution is -2.63. The van der Waals surface area contributed by atoms with Crippen LogP contribution in [0.2, 0.25) is 0 Å². The van der Waals surface area contributed by atoms with Crippen LogP contribution in [0.25, 0.3) is 0 Å². The van der Waals surface area contributed by atoms with Crippen molar-refractivity contribution in [2.45, 2.75) is 83.5 Å². The Morgan fingerprint density at radius 2 is 1.42 bits per heavy atom. The van der Waals surface area contributed by atoms with E-state index in [9.17, 15) is 29.4 Å². The van der Waals surface area contributed by atoms with Gasteiger partial charge < -0.3 is 43.7 Å². The number of esters is 4. The molecule has 0 aromatic carbocycles. The zero-order chi connectivity index (χ0) is 25.1. The van der Waals surface area contributed by atoms with Gasteiger partial charge in [-0.2, -0.15) is 0 Å². The molecular weight excluding hydrogens is 448 g/mol. The monoisotopic (exact) mass is 480 g/mol. The van der Waals surface area contributed by atoms with E-state index >= 15 is 0 Å². The maximum atomic E-state index is 12.1. The van der Waals surface area contributed by atoms with Gasteiger partial charge in [0.25, 0.3) is 0 Å². The maximum absolute atomic E-state index is 12.1. The van der Waals surface area contributed by atoms with Gasteiger partial charge in [0, 0.05) is 26.7 Å². The second kappa shape index (κ2) is 14.1. The lowest BCUT2D eigenvalue weighted by Gasteiger charge is -2.44. The number of carbonyl (C=O) groups is 4. The largest absolute Gasteiger partial charge is 0.463 e. The summed E-state index contributed by atoms with van der Waals surface area (Å²) in [4.78, 5) is 47.2. The van der Waals surface area contributed by atoms with Gasteiger partial charge in [0.15, 0.2) is 24.6 Å². The lowest BCUT2D eigenvalue weighted by atomic mass is 9.98. The minimum absolute atomic E-state index is 0.0554. The zero-order valence-electron chi connectivity index (χ0n) is 19.0. The summed E-state index contributed by atoms with van der Waals surface area (Å²) in [5.74, 6) is -2.86. The summed E-state index contributed by atoms with van der Waals surface area (Å²) in [6.45, 7) is 3.54. The smallest absolute Gasteiger partial charge is 0.306 e. The third-order valence-electron chi connectivity index (χ3n) is 4.52. The molecule has 1 aliphatic rings. The first-order chi connectivity index (χ1) is 15.5. The Hall–Kier alpha value is -2.32. The van der Waals surface area contributed by atoms with Gasteiger partial charge in [-0.1, -0.05) is 13.8 Å². The van der Waals surface area contributed by atoms with Crippen molar-refractivity contribution in [3.63, 3.8) is 0 Å². The minimum atomic E-state index is -1.53. The van der Waals surface area contributed by atoms with Gasteiger partial charge >= 0.3 is 23.9 Å². The van der Waals surface area contributed by atoms with Crippen molar-refractivity contribution in [3.05, 3.63) is 0 Å². The zero-order valence-corrected chi connectivity index (χ0v) is 19.0. The van der Waals surface area contributed by atoms with Crippen molar-refractivity contribution in [1.29, 1.82) is 0 Å². The summed E-state index contributed by atoms with van der Waals surface area (Å²) >= 11 is 0. The molecule has 1 saturated heterocycles. The molecule has 1 fully saturated rings. The van der Waals surface area contributed by atoms with Gasteiger partial charge in [-0.15, -0.1) is 0 Å². The molecule has 13 nitrogen and oxygen atoms in total. The number of hydrogen-bond donors (Lipinski definition) is 3. The first-order valence-corrected chi connectivity index (χ1v) is 10.5. The second-order valence-electron chi connectivity index (χ2n) is 7.19. The molecular formula is C20H32O13. The normalized spacial score (nSPS) is 26.6. The Morgan fingerprint density at radius 1 is 0.848 bits per heavy atom. The van der Waals surface area contributed by atoms with Gasteiger partial charge in [-0.3, -0.25) is 19.2 Å². The summed E-state index contributed by atoms with van der Waals surface area (Å²) in [7, 11) is 0. The van der Waals surface area contributed by atoms with Crippen molar-refractivity contribution >= 4 is 23.9 Å². The molecule has 0 aromatic rings. The standard InChI is InChI=1S/C20H32O13/c1-5-15(26)32-18-17(30-11(4)23)14(9-28-10(3)22)31-20(19(18)33-16(27)6-2)29-8-13(25)12(24)7-21/h12-14,17-21,24-25H,5-9H2,1-4H3. The molecule has 1 rings (SSSR count). The molecule has 0 saturated carbocycles. The minimum Gasteiger partial charge on any atom is -0.463 e. The number of aliphatic hydroxyl groups is 3. The first kappa shape index (κ1) is 28.7. The highest BCUT2D eigenvalue weighted by molar-refractivity contribution is 5.71. The number of ether oxygens (including phenoxy) is 6. The predicted molar refractivity (Wildman–Crippen MR) is 106 cm³/mol. The Morgan fingerprint density at radius 3 is 1.91 bits per heavy atom. The number of aliphatic hydroxyl groups excluding tert-OH is 3. The van der Waals surface area contributed by atoms with E-state index in [2.05, 4.69) is 0 Å². The average molecular weight is 480 g/mol. The average Bonchev–Trinajstić information content (AvgIpc) is 2.77. The third-order valence-corrected chi connectivity index (χ3v) is 4.52. The van der Waals surface area contributed by atoms with Crippen LogP contribution in [0.3, 0.4) is 0 Å². The summed E-state index contributed by atoms with van der Waals surface area (Å²) in [5, 5.41) is 28.4. The van der Waals surface area contributed by atoms with Gasteiger partial charge in [-0.05, 0) is 0 Å². The van der Waals surface area contributed by atoms with Crippen molar-refractivity contribution in [3.8, 4) is 0 Å². The fraction of sp³-hybridized carbons (Fsp3) is 0.800. The molecule has 3 N–H and O–H groups in total. The van der Waals surface area contributed by atoms with E-state index in [0.29, 0.717) is 0 Å². The Bertz CT molecular complexity index is 666.